The Hall–Kier alpha value is -1.42. The van der Waals surface area contributed by atoms with Gasteiger partial charge in [0.15, 0.2) is 0 Å². The van der Waals surface area contributed by atoms with E-state index in [1.807, 2.05) is 6.07 Å². The number of fused-ring (bicyclic) bond motifs is 2. The molecule has 1 aromatic carbocycles. The van der Waals surface area contributed by atoms with Gasteiger partial charge in [-0.25, -0.2) is 4.39 Å². The molecule has 1 N–H and O–H groups in total. The number of nitrogens with zero attached hydrogens (tertiary/aromatic N) is 1. The lowest BCUT2D eigenvalue weighted by molar-refractivity contribution is -0.140. The molecule has 3 fully saturated rings. The van der Waals surface area contributed by atoms with E-state index in [1.165, 1.54) is 6.07 Å². The average molecular weight is 316 g/mol. The van der Waals surface area contributed by atoms with Gasteiger partial charge in [-0.2, -0.15) is 0 Å². The first-order chi connectivity index (χ1) is 11.2. The van der Waals surface area contributed by atoms with Crippen molar-refractivity contribution in [2.24, 2.45) is 0 Å². The molecule has 2 aliphatic heterocycles. The van der Waals surface area contributed by atoms with Crippen LogP contribution in [0.5, 0.6) is 0 Å². The van der Waals surface area contributed by atoms with E-state index < -0.39 is 5.41 Å². The first-order valence-electron chi connectivity index (χ1n) is 9.00. The number of halogens is 1. The fourth-order valence-electron chi connectivity index (χ4n) is 4.95. The highest BCUT2D eigenvalue weighted by Gasteiger charge is 2.49. The Morgan fingerprint density at radius 3 is 2.74 bits per heavy atom. The van der Waals surface area contributed by atoms with Crippen molar-refractivity contribution in [3.63, 3.8) is 0 Å². The van der Waals surface area contributed by atoms with Crippen LogP contribution in [0.1, 0.15) is 50.5 Å². The van der Waals surface area contributed by atoms with Crippen LogP contribution in [0.3, 0.4) is 0 Å². The summed E-state index contributed by atoms with van der Waals surface area (Å²) in [4.78, 5) is 15.8. The van der Waals surface area contributed by atoms with Gasteiger partial charge >= 0.3 is 0 Å². The van der Waals surface area contributed by atoms with Gasteiger partial charge in [-0.15, -0.1) is 0 Å². The first-order valence-corrected chi connectivity index (χ1v) is 9.00. The quantitative estimate of drug-likeness (QED) is 0.910. The fourth-order valence-corrected chi connectivity index (χ4v) is 4.95. The molecule has 3 aliphatic rings. The van der Waals surface area contributed by atoms with Gasteiger partial charge in [0.2, 0.25) is 5.91 Å². The number of benzene rings is 1. The summed E-state index contributed by atoms with van der Waals surface area (Å²) in [6.07, 6.45) is 7.10. The molecule has 1 saturated carbocycles. The van der Waals surface area contributed by atoms with Crippen LogP contribution in [-0.2, 0) is 10.2 Å². The lowest BCUT2D eigenvalue weighted by atomic mass is 9.77. The van der Waals surface area contributed by atoms with E-state index in [0.717, 1.165) is 63.6 Å². The van der Waals surface area contributed by atoms with Gasteiger partial charge < -0.3 is 10.2 Å². The second-order valence-corrected chi connectivity index (χ2v) is 7.39. The van der Waals surface area contributed by atoms with Gasteiger partial charge in [0.1, 0.15) is 5.82 Å². The van der Waals surface area contributed by atoms with Crippen molar-refractivity contribution < 1.29 is 9.18 Å². The van der Waals surface area contributed by atoms with Crippen molar-refractivity contribution in [2.75, 3.05) is 13.1 Å². The third-order valence-corrected chi connectivity index (χ3v) is 6.13. The largest absolute Gasteiger partial charge is 0.335 e. The molecule has 23 heavy (non-hydrogen) atoms. The Kier molecular flexibility index (Phi) is 3.88. The van der Waals surface area contributed by atoms with E-state index >= 15 is 0 Å². The zero-order valence-electron chi connectivity index (χ0n) is 13.6. The maximum Gasteiger partial charge on any atom is 0.233 e. The number of amides is 1. The first kappa shape index (κ1) is 15.1. The third-order valence-electron chi connectivity index (χ3n) is 6.13. The number of carbonyl (C=O) groups is 1. The number of rotatable bonds is 2. The number of hydrogen-bond acceptors (Lipinski definition) is 2. The molecule has 0 spiro atoms. The minimum atomic E-state index is -0.493. The fraction of sp³-hybridized carbons (Fsp3) is 0.632. The summed E-state index contributed by atoms with van der Waals surface area (Å²) in [5.41, 5.74) is 0.393. The Labute approximate surface area is 137 Å². The predicted octanol–water partition coefficient (Wildman–Crippen LogP) is 2.99. The Balaban J connectivity index is 1.71. The molecule has 124 valence electrons. The highest BCUT2D eigenvalue weighted by molar-refractivity contribution is 5.89. The van der Waals surface area contributed by atoms with Crippen LogP contribution in [0.15, 0.2) is 24.3 Å². The molecule has 1 aromatic rings. The average Bonchev–Trinajstić information content (AvgIpc) is 3.11. The predicted molar refractivity (Wildman–Crippen MR) is 87.7 cm³/mol. The molecule has 2 heterocycles. The van der Waals surface area contributed by atoms with E-state index in [4.69, 9.17) is 0 Å². The smallest absolute Gasteiger partial charge is 0.233 e. The molecule has 4 heteroatoms. The summed E-state index contributed by atoms with van der Waals surface area (Å²) in [7, 11) is 0. The van der Waals surface area contributed by atoms with Gasteiger partial charge in [0.25, 0.3) is 0 Å². The van der Waals surface area contributed by atoms with E-state index in [2.05, 4.69) is 10.2 Å². The molecule has 2 unspecified atom stereocenters. The molecule has 2 bridgehead atoms. The molecule has 0 aromatic heterocycles. The van der Waals surface area contributed by atoms with Crippen LogP contribution < -0.4 is 5.32 Å². The van der Waals surface area contributed by atoms with Crippen molar-refractivity contribution in [3.05, 3.63) is 35.6 Å². The van der Waals surface area contributed by atoms with Crippen molar-refractivity contribution in [1.82, 2.24) is 10.2 Å². The van der Waals surface area contributed by atoms with Gasteiger partial charge in [-0.3, -0.25) is 4.79 Å². The number of nitrogens with one attached hydrogen (secondary N) is 1. The van der Waals surface area contributed by atoms with Crippen LogP contribution in [0.4, 0.5) is 4.39 Å². The zero-order chi connectivity index (χ0) is 15.9. The van der Waals surface area contributed by atoms with Gasteiger partial charge in [0.05, 0.1) is 5.41 Å². The van der Waals surface area contributed by atoms with Crippen molar-refractivity contribution in [1.29, 1.82) is 0 Å². The van der Waals surface area contributed by atoms with Crippen molar-refractivity contribution >= 4 is 5.91 Å². The van der Waals surface area contributed by atoms with Gasteiger partial charge in [-0.05, 0) is 56.3 Å². The molecular formula is C19H25FN2O. The summed E-state index contributed by atoms with van der Waals surface area (Å²) in [6.45, 7) is 1.90. The van der Waals surface area contributed by atoms with Crippen LogP contribution in [0.25, 0.3) is 0 Å². The molecule has 2 atom stereocenters. The standard InChI is InChI=1S/C19H25FN2O/c20-15-5-3-4-14(12-15)19(9-1-2-10-19)18(23)22-16-6-7-17(22)13-21-11-8-16/h3-5,12,16-17,21H,1-2,6-11,13H2. The molecule has 1 aliphatic carbocycles. The van der Waals surface area contributed by atoms with E-state index in [0.29, 0.717) is 12.1 Å². The molecule has 3 nitrogen and oxygen atoms in total. The van der Waals surface area contributed by atoms with Gasteiger partial charge in [-0.1, -0.05) is 25.0 Å². The van der Waals surface area contributed by atoms with Crippen LogP contribution in [-0.4, -0.2) is 36.0 Å². The van der Waals surface area contributed by atoms with E-state index in [9.17, 15) is 9.18 Å². The zero-order valence-corrected chi connectivity index (χ0v) is 13.6. The second-order valence-electron chi connectivity index (χ2n) is 7.39. The summed E-state index contributed by atoms with van der Waals surface area (Å²) >= 11 is 0. The topological polar surface area (TPSA) is 32.3 Å². The second kappa shape index (κ2) is 5.90. The normalized spacial score (nSPS) is 29.5. The number of hydrogen-bond donors (Lipinski definition) is 1. The van der Waals surface area contributed by atoms with Crippen LogP contribution in [0, 0.1) is 5.82 Å². The molecule has 4 rings (SSSR count). The third kappa shape index (κ3) is 2.47. The minimum Gasteiger partial charge on any atom is -0.335 e. The summed E-state index contributed by atoms with van der Waals surface area (Å²) in [5, 5.41) is 3.46. The highest BCUT2D eigenvalue weighted by atomic mass is 19.1. The monoisotopic (exact) mass is 316 g/mol. The maximum atomic E-state index is 13.8. The Bertz CT molecular complexity index is 583. The Morgan fingerprint density at radius 2 is 1.96 bits per heavy atom. The summed E-state index contributed by atoms with van der Waals surface area (Å²) in [6, 6.07) is 7.44. The van der Waals surface area contributed by atoms with E-state index in [1.54, 1.807) is 12.1 Å². The summed E-state index contributed by atoms with van der Waals surface area (Å²) in [5.74, 6) is 0.0267. The Morgan fingerprint density at radius 1 is 1.17 bits per heavy atom. The van der Waals surface area contributed by atoms with E-state index in [-0.39, 0.29) is 11.7 Å². The molecule has 2 saturated heterocycles. The van der Waals surface area contributed by atoms with Gasteiger partial charge in [0, 0.05) is 18.6 Å². The molecule has 0 radical (unpaired) electrons. The van der Waals surface area contributed by atoms with Crippen molar-refractivity contribution in [3.8, 4) is 0 Å². The van der Waals surface area contributed by atoms with Crippen LogP contribution in [0.2, 0.25) is 0 Å². The summed E-state index contributed by atoms with van der Waals surface area (Å²) < 4.78 is 13.8. The minimum absolute atomic E-state index is 0.234. The highest BCUT2D eigenvalue weighted by Crippen LogP contribution is 2.45. The lowest BCUT2D eigenvalue weighted by Crippen LogP contribution is -2.51. The maximum absolute atomic E-state index is 13.8. The number of carbonyl (C=O) groups excluding carboxylic acids is 1. The SMILES string of the molecule is O=C(N1C2CCNCC1CC2)C1(c2cccc(F)c2)CCCC1. The lowest BCUT2D eigenvalue weighted by Gasteiger charge is -2.38. The van der Waals surface area contributed by atoms with Crippen molar-refractivity contribution in [2.45, 2.75) is 62.4 Å². The molecule has 1 amide bonds. The molecular weight excluding hydrogens is 291 g/mol. The van der Waals surface area contributed by atoms with Crippen LogP contribution >= 0.6 is 0 Å².